The van der Waals surface area contributed by atoms with Crippen molar-refractivity contribution in [2.45, 2.75) is 116 Å². The molecule has 0 unspecified atom stereocenters. The van der Waals surface area contributed by atoms with Gasteiger partial charge in [-0.1, -0.05) is 85.8 Å². The largest absolute Gasteiger partial charge is 1.00 e. The van der Waals surface area contributed by atoms with Gasteiger partial charge in [-0.25, -0.2) is 18.2 Å². The second-order valence-corrected chi connectivity index (χ2v) is 20.3. The van der Waals surface area contributed by atoms with Crippen LogP contribution < -0.4 is 155 Å². The van der Waals surface area contributed by atoms with E-state index >= 15 is 0 Å². The molecule has 372 valence electrons. The first-order valence-corrected chi connectivity index (χ1v) is 25.7. The van der Waals surface area contributed by atoms with E-state index in [2.05, 4.69) is 32.3 Å². The molecule has 0 aromatic heterocycles. The maximum absolute atomic E-state index is 13.2. The second-order valence-electron chi connectivity index (χ2n) is 17.5. The topological polar surface area (TPSA) is 285 Å². The third-order valence-electron chi connectivity index (χ3n) is 12.2. The van der Waals surface area contributed by atoms with Gasteiger partial charge < -0.3 is 45.9 Å². The molecule has 17 nitrogen and oxygen atoms in total. The summed E-state index contributed by atoms with van der Waals surface area (Å²) in [6.07, 6.45) is 8.47. The Morgan fingerprint density at radius 3 is 1.86 bits per heavy atom. The van der Waals surface area contributed by atoms with Gasteiger partial charge in [-0.2, -0.15) is 20.6 Å². The summed E-state index contributed by atoms with van der Waals surface area (Å²) >= 11 is 0. The number of hydrogen-bond donors (Lipinski definition) is 6. The van der Waals surface area contributed by atoms with Crippen LogP contribution in [0, 0.1) is 47.6 Å². The number of urea groups is 2. The Labute approximate surface area is 521 Å². The molecule has 0 saturated heterocycles. The molecule has 0 bridgehead atoms. The first kappa shape index (κ1) is 67.3. The van der Waals surface area contributed by atoms with Crippen molar-refractivity contribution in [1.29, 1.82) is 0 Å². The van der Waals surface area contributed by atoms with E-state index in [1.54, 1.807) is 32.9 Å². The summed E-state index contributed by atoms with van der Waals surface area (Å²) in [4.78, 5) is 37.4. The normalized spacial score (nSPS) is 11.4. The number of amides is 4. The summed E-state index contributed by atoms with van der Waals surface area (Å²) in [5.41, 5.74) is 14.2. The van der Waals surface area contributed by atoms with E-state index in [1.807, 2.05) is 26.8 Å². The van der Waals surface area contributed by atoms with Crippen molar-refractivity contribution in [3.05, 3.63) is 111 Å². The molecule has 0 saturated carbocycles. The Morgan fingerprint density at radius 1 is 0.703 bits per heavy atom. The molecule has 23 heteroatoms. The number of aliphatic carboxylic acids is 1. The fourth-order valence-corrected chi connectivity index (χ4v) is 10.3. The molecule has 74 heavy (non-hydrogen) atoms. The number of carbonyl (C=O) groups excluding carboxylic acids is 3. The van der Waals surface area contributed by atoms with Crippen molar-refractivity contribution in [3.63, 3.8) is 0 Å². The zero-order chi connectivity index (χ0) is 51.1. The number of carboxylic acids is 1. The summed E-state index contributed by atoms with van der Waals surface area (Å²) in [5.74, 6) is -0.989. The Hall–Kier alpha value is -2.80. The molecule has 6 rings (SSSR count). The van der Waals surface area contributed by atoms with Crippen LogP contribution >= 0.6 is 0 Å². The van der Waals surface area contributed by atoms with E-state index in [0.717, 1.165) is 74.1 Å². The molecule has 1 heterocycles. The predicted molar refractivity (Wildman–Crippen MR) is 265 cm³/mol. The van der Waals surface area contributed by atoms with Gasteiger partial charge in [0.1, 0.15) is 25.7 Å². The third-order valence-corrected chi connectivity index (χ3v) is 14.0. The molecule has 4 aromatic carbocycles. The summed E-state index contributed by atoms with van der Waals surface area (Å²) < 4.78 is 82.2. The van der Waals surface area contributed by atoms with Gasteiger partial charge in [0.2, 0.25) is 11.0 Å². The Morgan fingerprint density at radius 2 is 1.27 bits per heavy atom. The van der Waals surface area contributed by atoms with Crippen LogP contribution in [0.2, 0.25) is 0 Å². The van der Waals surface area contributed by atoms with Crippen LogP contribution in [0.25, 0.3) is 39.2 Å². The Kier molecular flexibility index (Phi) is 27.1. The van der Waals surface area contributed by atoms with Crippen molar-refractivity contribution < 1.29 is 173 Å². The van der Waals surface area contributed by atoms with E-state index in [0.29, 0.717) is 58.1 Å². The molecule has 0 atom stereocenters. The molecule has 2 aliphatic rings. The molecular weight excluding hydrogens is 1030 g/mol. The van der Waals surface area contributed by atoms with E-state index in [9.17, 15) is 45.4 Å². The van der Waals surface area contributed by atoms with Gasteiger partial charge in [0.05, 0.1) is 11.8 Å². The molecule has 4 aromatic rings. The van der Waals surface area contributed by atoms with Crippen LogP contribution in [0.4, 0.5) is 38.0 Å². The first-order chi connectivity index (χ1) is 33.0. The number of rotatable bonds is 20. The van der Waals surface area contributed by atoms with Crippen molar-refractivity contribution in [2.75, 3.05) is 22.5 Å². The number of carbonyl (C=O) groups is 3. The standard InChI is InChI=1S/C51H59N6O11S2.4Na/c1-29-24-31(3)48(56-50(52)60)33(5)46(29)54-35-21-22-36-40(26-35)68-41-28-39(43(70(65,66)67)27-38(41)45(36)37-18-15-16-19-42(37)69(62,63)64)55-47-30(2)25-32(4)49(34(47)6)57-51(61)53-23-17-13-11-9-7-8-10-12-14-20-44(58)59;;;;/h15-16,18-19,22,24-28H,7-14,17,20,23H2,1-6H3,(H9,52,53,54,55,56,57,58,59,60,61,62,63,64,65,66,67);;;;/q-1;4*+1/p-2. The molecular formula is C51H57N6Na4O11S2+. The first-order valence-electron chi connectivity index (χ1n) is 22.9. The van der Waals surface area contributed by atoms with Crippen molar-refractivity contribution in [2.24, 2.45) is 0 Å². The maximum atomic E-state index is 13.2. The van der Waals surface area contributed by atoms with Gasteiger partial charge in [-0.05, 0) is 113 Å². The number of aryl methyl sites for hydroxylation is 4. The van der Waals surface area contributed by atoms with Crippen LogP contribution in [0.15, 0.2) is 74.9 Å². The summed E-state index contributed by atoms with van der Waals surface area (Å²) in [6.45, 7) is 11.2. The van der Waals surface area contributed by atoms with Gasteiger partial charge in [0, 0.05) is 40.5 Å². The van der Waals surface area contributed by atoms with E-state index < -0.39 is 48.1 Å². The zero-order valence-electron chi connectivity index (χ0n) is 43.9. The van der Waals surface area contributed by atoms with Crippen LogP contribution in [0.1, 0.15) is 97.6 Å². The molecule has 1 aliphatic carbocycles. The van der Waals surface area contributed by atoms with Crippen molar-refractivity contribution in [3.8, 4) is 22.5 Å². The molecule has 0 spiro atoms. The van der Waals surface area contributed by atoms with Crippen molar-refractivity contribution in [1.82, 2.24) is 5.32 Å². The van der Waals surface area contributed by atoms with E-state index in [4.69, 9.17) is 10.2 Å². The van der Waals surface area contributed by atoms with Crippen LogP contribution in [-0.4, -0.2) is 50.5 Å². The SMILES string of the molecule is Cc1cc(C)c(Nc2[c-]cc3c(-c4ccccc4S(=O)(=O)O)c4cc(S(=O)(=O)[O-])c(=[NH+]c5c(C)cc(C)c(NC(=O)NCCCCCCCCCCCC(=O)[O-])c5C)cc-4oc3c2)c(C)c1NC([NH-])=O.[Na+].[Na+].[Na+].[Na+]. The fraction of sp³-hybridized carbons (Fsp3) is 0.333. The smallest absolute Gasteiger partial charge is 0.744 e. The number of benzene rings is 5. The van der Waals surface area contributed by atoms with E-state index in [-0.39, 0.29) is 163 Å². The number of hydrogen-bond acceptors (Lipinski definition) is 11. The third kappa shape index (κ3) is 17.4. The molecule has 7 N–H and O–H groups in total. The number of unbranched alkanes of at least 4 members (excludes halogenated alkanes) is 8. The average molecular weight is 1090 g/mol. The summed E-state index contributed by atoms with van der Waals surface area (Å²) in [6, 6.07) is 16.4. The number of nitrogens with one attached hydrogen (secondary N) is 6. The van der Waals surface area contributed by atoms with Crippen LogP contribution in [0.5, 0.6) is 0 Å². The minimum Gasteiger partial charge on any atom is -0.744 e. The Bertz CT molecular complexity index is 3280. The molecule has 0 radical (unpaired) electrons. The quantitative estimate of drug-likeness (QED) is 0.0143. The van der Waals surface area contributed by atoms with Gasteiger partial charge in [-0.3, -0.25) is 9.35 Å². The zero-order valence-corrected chi connectivity index (χ0v) is 53.5. The number of anilines is 4. The van der Waals surface area contributed by atoms with Crippen molar-refractivity contribution >= 4 is 77.7 Å². The molecule has 4 amide bonds. The summed E-state index contributed by atoms with van der Waals surface area (Å²) in [7, 11) is -10.1. The average Bonchev–Trinajstić information content (AvgIpc) is 3.27. The Balaban J connectivity index is 0.00000469. The number of fused-ring (bicyclic) bond motifs is 2. The van der Waals surface area contributed by atoms with Gasteiger partial charge in [0.25, 0.3) is 10.1 Å². The van der Waals surface area contributed by atoms with Crippen LogP contribution in [-0.2, 0) is 25.0 Å². The van der Waals surface area contributed by atoms with Crippen LogP contribution in [0.3, 0.4) is 0 Å². The number of carboxylic acid groups (broad SMARTS) is 1. The predicted octanol–water partition coefficient (Wildman–Crippen LogP) is -3.56. The second kappa shape index (κ2) is 29.8. The van der Waals surface area contributed by atoms with E-state index in [1.165, 1.54) is 36.4 Å². The fourth-order valence-electron chi connectivity index (χ4n) is 8.93. The van der Waals surface area contributed by atoms with Gasteiger partial charge in [0.15, 0.2) is 6.03 Å². The molecule has 0 fully saturated rings. The van der Waals surface area contributed by atoms with Gasteiger partial charge in [-0.15, -0.1) is 6.07 Å². The van der Waals surface area contributed by atoms with Gasteiger partial charge >= 0.3 is 124 Å². The summed E-state index contributed by atoms with van der Waals surface area (Å²) in [5, 5.41) is 22.3. The monoisotopic (exact) mass is 1090 g/mol. The molecule has 1 aliphatic heterocycles. The minimum atomic E-state index is -5.27. The maximum Gasteiger partial charge on any atom is 1.00 e. The minimum absolute atomic E-state index is 0.